The number of benzene rings is 5. The summed E-state index contributed by atoms with van der Waals surface area (Å²) < 4.78 is 0. The summed E-state index contributed by atoms with van der Waals surface area (Å²) in [6.07, 6.45) is 3.78. The topological polar surface area (TPSA) is 25.8 Å². The summed E-state index contributed by atoms with van der Waals surface area (Å²) in [5, 5.41) is 8.90. The molecule has 0 N–H and O–H groups in total. The van der Waals surface area contributed by atoms with Crippen LogP contribution < -0.4 is 0 Å². The summed E-state index contributed by atoms with van der Waals surface area (Å²) in [6.45, 7) is 4.38. The van der Waals surface area contributed by atoms with E-state index in [-0.39, 0.29) is 0 Å². The first-order valence-electron chi connectivity index (χ1n) is 12.4. The molecule has 0 amide bonds. The summed E-state index contributed by atoms with van der Waals surface area (Å²) in [4.78, 5) is 9.46. The number of nitrogens with zero attached hydrogens (tertiary/aromatic N) is 2. The van der Waals surface area contributed by atoms with Crippen LogP contribution in [0.15, 0.2) is 97.3 Å². The highest BCUT2D eigenvalue weighted by Gasteiger charge is 2.26. The SMILES string of the molecule is Cc1ccc2c(c1)c(-c1ccc3cccnc3c1)cc1c3ccc(C)c4c3c(cc21)-c1ncccc1-4. The molecule has 0 saturated heterocycles. The second kappa shape index (κ2) is 6.99. The molecule has 2 nitrogen and oxygen atoms in total. The molecule has 5 aromatic carbocycles. The Kier molecular flexibility index (Phi) is 3.83. The number of aromatic nitrogens is 2. The fraction of sp³-hybridized carbons (Fsp3) is 0.0588. The number of aryl methyl sites for hydroxylation is 2. The number of pyridine rings is 2. The molecule has 0 unspecified atom stereocenters. The smallest absolute Gasteiger partial charge is 0.0787 e. The van der Waals surface area contributed by atoms with Crippen molar-refractivity contribution in [3.63, 3.8) is 0 Å². The minimum Gasteiger partial charge on any atom is -0.256 e. The second-order valence-corrected chi connectivity index (χ2v) is 9.98. The number of rotatable bonds is 1. The van der Waals surface area contributed by atoms with Crippen LogP contribution in [0.25, 0.3) is 76.7 Å². The molecule has 0 saturated carbocycles. The average Bonchev–Trinajstić information content (AvgIpc) is 3.25. The first kappa shape index (κ1) is 19.7. The molecule has 2 heteroatoms. The van der Waals surface area contributed by atoms with Crippen LogP contribution >= 0.6 is 0 Å². The van der Waals surface area contributed by atoms with Gasteiger partial charge in [0, 0.05) is 28.9 Å². The van der Waals surface area contributed by atoms with Crippen LogP contribution in [0.1, 0.15) is 11.1 Å². The molecule has 0 fully saturated rings. The van der Waals surface area contributed by atoms with Crippen molar-refractivity contribution in [2.75, 3.05) is 0 Å². The monoisotopic (exact) mass is 458 g/mol. The molecule has 0 spiro atoms. The van der Waals surface area contributed by atoms with Crippen molar-refractivity contribution in [1.29, 1.82) is 0 Å². The van der Waals surface area contributed by atoms with Crippen molar-refractivity contribution in [2.45, 2.75) is 13.8 Å². The summed E-state index contributed by atoms with van der Waals surface area (Å²) >= 11 is 0. The van der Waals surface area contributed by atoms with Crippen molar-refractivity contribution >= 4 is 43.2 Å². The molecule has 1 aliphatic carbocycles. The molecule has 168 valence electrons. The maximum Gasteiger partial charge on any atom is 0.0787 e. The van der Waals surface area contributed by atoms with Crippen LogP contribution in [-0.4, -0.2) is 9.97 Å². The van der Waals surface area contributed by atoms with E-state index in [0.717, 1.165) is 16.6 Å². The Bertz CT molecular complexity index is 2070. The van der Waals surface area contributed by atoms with Gasteiger partial charge < -0.3 is 0 Å². The van der Waals surface area contributed by atoms with Gasteiger partial charge in [0.15, 0.2) is 0 Å². The maximum atomic E-state index is 4.83. The van der Waals surface area contributed by atoms with Gasteiger partial charge in [-0.25, -0.2) is 0 Å². The van der Waals surface area contributed by atoms with Crippen LogP contribution in [0, 0.1) is 13.8 Å². The lowest BCUT2D eigenvalue weighted by molar-refractivity contribution is 1.34. The third-order valence-corrected chi connectivity index (χ3v) is 7.85. The molecule has 0 atom stereocenters. The van der Waals surface area contributed by atoms with Gasteiger partial charge in [0.25, 0.3) is 0 Å². The summed E-state index contributed by atoms with van der Waals surface area (Å²) in [5.41, 5.74) is 10.9. The molecule has 0 aliphatic heterocycles. The van der Waals surface area contributed by atoms with Crippen molar-refractivity contribution in [3.05, 3.63) is 108 Å². The van der Waals surface area contributed by atoms with Crippen LogP contribution in [-0.2, 0) is 0 Å². The third-order valence-electron chi connectivity index (χ3n) is 7.85. The molecule has 2 heterocycles. The van der Waals surface area contributed by atoms with Gasteiger partial charge in [-0.05, 0) is 98.8 Å². The van der Waals surface area contributed by atoms with Gasteiger partial charge in [-0.15, -0.1) is 0 Å². The minimum absolute atomic E-state index is 1.02. The van der Waals surface area contributed by atoms with Gasteiger partial charge in [-0.1, -0.05) is 60.2 Å². The van der Waals surface area contributed by atoms with Crippen molar-refractivity contribution in [3.8, 4) is 33.5 Å². The van der Waals surface area contributed by atoms with Crippen LogP contribution in [0.3, 0.4) is 0 Å². The minimum atomic E-state index is 1.02. The molecular weight excluding hydrogens is 436 g/mol. The van der Waals surface area contributed by atoms with Crippen molar-refractivity contribution in [2.24, 2.45) is 0 Å². The normalized spacial score (nSPS) is 12.2. The van der Waals surface area contributed by atoms with E-state index in [4.69, 9.17) is 4.98 Å². The highest BCUT2D eigenvalue weighted by atomic mass is 14.7. The Hall–Kier alpha value is -4.56. The molecule has 36 heavy (non-hydrogen) atoms. The fourth-order valence-corrected chi connectivity index (χ4v) is 6.19. The molecule has 8 rings (SSSR count). The quantitative estimate of drug-likeness (QED) is 0.229. The van der Waals surface area contributed by atoms with Crippen LogP contribution in [0.2, 0.25) is 0 Å². The van der Waals surface area contributed by atoms with E-state index < -0.39 is 0 Å². The highest BCUT2D eigenvalue weighted by molar-refractivity contribution is 6.28. The van der Waals surface area contributed by atoms with E-state index in [2.05, 4.69) is 91.6 Å². The molecule has 0 radical (unpaired) electrons. The Labute approximate surface area is 208 Å². The van der Waals surface area contributed by atoms with Gasteiger partial charge in [-0.2, -0.15) is 0 Å². The first-order valence-corrected chi connectivity index (χ1v) is 12.4. The van der Waals surface area contributed by atoms with Crippen LogP contribution in [0.4, 0.5) is 0 Å². The third kappa shape index (κ3) is 2.56. The predicted octanol–water partition coefficient (Wildman–Crippen LogP) is 9.02. The van der Waals surface area contributed by atoms with E-state index in [1.54, 1.807) is 0 Å². The van der Waals surface area contributed by atoms with Gasteiger partial charge in [0.05, 0.1) is 11.2 Å². The Morgan fingerprint density at radius 2 is 1.36 bits per heavy atom. The Morgan fingerprint density at radius 3 is 2.31 bits per heavy atom. The lowest BCUT2D eigenvalue weighted by Gasteiger charge is -2.16. The van der Waals surface area contributed by atoms with Crippen molar-refractivity contribution in [1.82, 2.24) is 9.97 Å². The van der Waals surface area contributed by atoms with E-state index in [9.17, 15) is 0 Å². The van der Waals surface area contributed by atoms with E-state index in [1.807, 2.05) is 24.5 Å². The Balaban J connectivity index is 1.56. The van der Waals surface area contributed by atoms with Gasteiger partial charge >= 0.3 is 0 Å². The predicted molar refractivity (Wildman–Crippen MR) is 151 cm³/mol. The molecule has 2 aromatic heterocycles. The van der Waals surface area contributed by atoms with Gasteiger partial charge in [0.1, 0.15) is 0 Å². The molecule has 7 aromatic rings. The fourth-order valence-electron chi connectivity index (χ4n) is 6.19. The van der Waals surface area contributed by atoms with Gasteiger partial charge in [0.2, 0.25) is 0 Å². The van der Waals surface area contributed by atoms with E-state index in [1.165, 1.54) is 71.3 Å². The van der Waals surface area contributed by atoms with Gasteiger partial charge in [-0.3, -0.25) is 9.97 Å². The largest absolute Gasteiger partial charge is 0.256 e. The second-order valence-electron chi connectivity index (χ2n) is 9.98. The average molecular weight is 459 g/mol. The standard InChI is InChI=1S/C34H22N2/c1-19-7-11-23-27(15-19)26(22-10-9-21-5-3-13-35-31(21)16-22)17-29-24-12-8-20(2)32-25-6-4-14-36-34(25)30(33(24)32)18-28(23)29/h3-18H,1-2H3. The summed E-state index contributed by atoms with van der Waals surface area (Å²) in [6, 6.07) is 31.2. The Morgan fingerprint density at radius 1 is 0.556 bits per heavy atom. The maximum absolute atomic E-state index is 4.83. The lowest BCUT2D eigenvalue weighted by Crippen LogP contribution is -1.89. The molecule has 1 aliphatic rings. The van der Waals surface area contributed by atoms with E-state index in [0.29, 0.717) is 0 Å². The number of fused-ring (bicyclic) bond motifs is 8. The highest BCUT2D eigenvalue weighted by Crippen LogP contribution is 2.51. The summed E-state index contributed by atoms with van der Waals surface area (Å²) in [5.74, 6) is 0. The zero-order chi connectivity index (χ0) is 24.0. The summed E-state index contributed by atoms with van der Waals surface area (Å²) in [7, 11) is 0. The van der Waals surface area contributed by atoms with Crippen molar-refractivity contribution < 1.29 is 0 Å². The van der Waals surface area contributed by atoms with E-state index >= 15 is 0 Å². The zero-order valence-corrected chi connectivity index (χ0v) is 20.1. The molecular formula is C34H22N2. The lowest BCUT2D eigenvalue weighted by atomic mass is 9.88. The first-order chi connectivity index (χ1) is 17.7. The number of hydrogen-bond acceptors (Lipinski definition) is 2. The van der Waals surface area contributed by atoms with Crippen LogP contribution in [0.5, 0.6) is 0 Å². The molecule has 0 bridgehead atoms. The number of hydrogen-bond donors (Lipinski definition) is 0. The zero-order valence-electron chi connectivity index (χ0n) is 20.1.